The molecule has 0 bridgehead atoms. The van der Waals surface area contributed by atoms with Crippen molar-refractivity contribution < 1.29 is 14.3 Å². The minimum atomic E-state index is -0.849. The topological polar surface area (TPSA) is 79.8 Å². The molecule has 0 aliphatic heterocycles. The van der Waals surface area contributed by atoms with E-state index in [1.807, 2.05) is 50.2 Å². The summed E-state index contributed by atoms with van der Waals surface area (Å²) in [4.78, 5) is 24.0. The quantitative estimate of drug-likeness (QED) is 0.336. The molecule has 158 valence electrons. The third-order valence-electron chi connectivity index (χ3n) is 4.39. The number of halogens is 1. The van der Waals surface area contributed by atoms with Crippen molar-refractivity contribution in [2.75, 3.05) is 5.32 Å². The molecular weight excluding hydrogens is 414 g/mol. The number of aryl methyl sites for hydroxylation is 2. The first-order chi connectivity index (χ1) is 14.9. The average molecular weight is 436 g/mol. The molecular formula is C24H22ClN3O3. The van der Waals surface area contributed by atoms with Gasteiger partial charge in [-0.3, -0.25) is 9.59 Å². The van der Waals surface area contributed by atoms with Gasteiger partial charge in [-0.15, -0.1) is 0 Å². The van der Waals surface area contributed by atoms with Crippen LogP contribution in [0.1, 0.15) is 22.3 Å². The SMILES string of the molecule is Cc1ccc(NC(=O)C(=O)N/N=C/c2ccc(OCc3cccc(Cl)c3)cc2)c(C)c1. The summed E-state index contributed by atoms with van der Waals surface area (Å²) in [6.45, 7) is 4.22. The van der Waals surface area contributed by atoms with Gasteiger partial charge in [-0.25, -0.2) is 5.43 Å². The zero-order chi connectivity index (χ0) is 22.2. The Balaban J connectivity index is 1.48. The van der Waals surface area contributed by atoms with E-state index < -0.39 is 11.8 Å². The highest BCUT2D eigenvalue weighted by atomic mass is 35.5. The van der Waals surface area contributed by atoms with Gasteiger partial charge in [0.2, 0.25) is 0 Å². The second-order valence-corrected chi connectivity index (χ2v) is 7.40. The van der Waals surface area contributed by atoms with E-state index in [1.54, 1.807) is 30.3 Å². The molecule has 0 saturated carbocycles. The van der Waals surface area contributed by atoms with Crippen LogP contribution in [-0.4, -0.2) is 18.0 Å². The predicted octanol–water partition coefficient (Wildman–Crippen LogP) is 4.62. The average Bonchev–Trinajstić information content (AvgIpc) is 2.75. The summed E-state index contributed by atoms with van der Waals surface area (Å²) < 4.78 is 5.72. The van der Waals surface area contributed by atoms with Crippen LogP contribution in [0.5, 0.6) is 5.75 Å². The highest BCUT2D eigenvalue weighted by Crippen LogP contribution is 2.17. The fraction of sp³-hybridized carbons (Fsp3) is 0.125. The molecule has 0 radical (unpaired) electrons. The number of hydrogen-bond acceptors (Lipinski definition) is 4. The van der Waals surface area contributed by atoms with Gasteiger partial charge < -0.3 is 10.1 Å². The van der Waals surface area contributed by atoms with E-state index in [1.165, 1.54) is 6.21 Å². The molecule has 0 saturated heterocycles. The number of hydrazone groups is 1. The molecule has 0 spiro atoms. The number of rotatable bonds is 6. The Labute approximate surface area is 185 Å². The third-order valence-corrected chi connectivity index (χ3v) is 4.63. The summed E-state index contributed by atoms with van der Waals surface area (Å²) >= 11 is 5.97. The number of carbonyl (C=O) groups excluding carboxylic acids is 2. The van der Waals surface area contributed by atoms with Gasteiger partial charge in [-0.1, -0.05) is 41.4 Å². The van der Waals surface area contributed by atoms with E-state index in [0.29, 0.717) is 23.1 Å². The van der Waals surface area contributed by atoms with Gasteiger partial charge in [0.1, 0.15) is 12.4 Å². The Bertz CT molecular complexity index is 1110. The molecule has 7 heteroatoms. The van der Waals surface area contributed by atoms with Crippen LogP contribution in [0.2, 0.25) is 5.02 Å². The lowest BCUT2D eigenvalue weighted by Gasteiger charge is -2.08. The van der Waals surface area contributed by atoms with Gasteiger partial charge in [0, 0.05) is 10.7 Å². The van der Waals surface area contributed by atoms with Crippen molar-refractivity contribution in [1.82, 2.24) is 5.43 Å². The molecule has 0 heterocycles. The highest BCUT2D eigenvalue weighted by Gasteiger charge is 2.13. The van der Waals surface area contributed by atoms with Crippen LogP contribution >= 0.6 is 11.6 Å². The van der Waals surface area contributed by atoms with Crippen molar-refractivity contribution >= 4 is 35.3 Å². The van der Waals surface area contributed by atoms with Gasteiger partial charge in [0.05, 0.1) is 6.21 Å². The second kappa shape index (κ2) is 10.4. The Morgan fingerprint density at radius 3 is 2.48 bits per heavy atom. The molecule has 0 atom stereocenters. The number of nitrogens with zero attached hydrogens (tertiary/aromatic N) is 1. The molecule has 31 heavy (non-hydrogen) atoms. The van der Waals surface area contributed by atoms with E-state index in [2.05, 4.69) is 15.8 Å². The first kappa shape index (κ1) is 22.1. The van der Waals surface area contributed by atoms with Gasteiger partial charge >= 0.3 is 11.8 Å². The lowest BCUT2D eigenvalue weighted by molar-refractivity contribution is -0.136. The van der Waals surface area contributed by atoms with Crippen LogP contribution in [-0.2, 0) is 16.2 Å². The van der Waals surface area contributed by atoms with Crippen molar-refractivity contribution in [3.05, 3.63) is 94.0 Å². The van der Waals surface area contributed by atoms with E-state index in [0.717, 1.165) is 22.3 Å². The first-order valence-corrected chi connectivity index (χ1v) is 9.97. The van der Waals surface area contributed by atoms with E-state index >= 15 is 0 Å². The first-order valence-electron chi connectivity index (χ1n) is 9.59. The van der Waals surface area contributed by atoms with Crippen LogP contribution < -0.4 is 15.5 Å². The predicted molar refractivity (Wildman–Crippen MR) is 123 cm³/mol. The lowest BCUT2D eigenvalue weighted by atomic mass is 10.1. The maximum absolute atomic E-state index is 12.0. The Hall–Kier alpha value is -3.64. The molecule has 0 aliphatic rings. The maximum atomic E-state index is 12.0. The number of benzene rings is 3. The molecule has 3 rings (SSSR count). The second-order valence-electron chi connectivity index (χ2n) is 6.96. The van der Waals surface area contributed by atoms with Gasteiger partial charge in [-0.2, -0.15) is 5.10 Å². The highest BCUT2D eigenvalue weighted by molar-refractivity contribution is 6.39. The number of hydrogen-bond donors (Lipinski definition) is 2. The van der Waals surface area contributed by atoms with Gasteiger partial charge in [-0.05, 0) is 73.0 Å². The van der Waals surface area contributed by atoms with E-state index in [-0.39, 0.29) is 0 Å². The van der Waals surface area contributed by atoms with Crippen molar-refractivity contribution in [1.29, 1.82) is 0 Å². The summed E-state index contributed by atoms with van der Waals surface area (Å²) in [6, 6.07) is 20.2. The summed E-state index contributed by atoms with van der Waals surface area (Å²) in [6.07, 6.45) is 1.45. The number of amides is 2. The molecule has 3 aromatic rings. The molecule has 0 unspecified atom stereocenters. The third kappa shape index (κ3) is 6.69. The van der Waals surface area contributed by atoms with Crippen molar-refractivity contribution in [3.8, 4) is 5.75 Å². The molecule has 2 amide bonds. The molecule has 0 aromatic heterocycles. The van der Waals surface area contributed by atoms with Crippen molar-refractivity contribution in [2.24, 2.45) is 5.10 Å². The lowest BCUT2D eigenvalue weighted by Crippen LogP contribution is -2.32. The number of carbonyl (C=O) groups is 2. The molecule has 0 fully saturated rings. The van der Waals surface area contributed by atoms with Crippen LogP contribution in [0.15, 0.2) is 71.8 Å². The maximum Gasteiger partial charge on any atom is 0.329 e. The molecule has 3 aromatic carbocycles. The van der Waals surface area contributed by atoms with Crippen molar-refractivity contribution in [2.45, 2.75) is 20.5 Å². The standard InChI is InChI=1S/C24H22ClN3O3/c1-16-6-11-22(17(2)12-16)27-23(29)24(30)28-26-14-18-7-9-21(10-8-18)31-15-19-4-3-5-20(25)13-19/h3-14H,15H2,1-2H3,(H,27,29)(H,28,30)/b26-14+. The fourth-order valence-corrected chi connectivity index (χ4v) is 3.01. The molecule has 2 N–H and O–H groups in total. The normalized spacial score (nSPS) is 10.7. The Morgan fingerprint density at radius 1 is 1.00 bits per heavy atom. The van der Waals surface area contributed by atoms with Crippen LogP contribution in [0.3, 0.4) is 0 Å². The molecule has 6 nitrogen and oxygen atoms in total. The number of nitrogens with one attached hydrogen (secondary N) is 2. The number of anilines is 1. The summed E-state index contributed by atoms with van der Waals surface area (Å²) in [5, 5.41) is 7.07. The largest absolute Gasteiger partial charge is 0.489 e. The van der Waals surface area contributed by atoms with Crippen LogP contribution in [0.4, 0.5) is 5.69 Å². The van der Waals surface area contributed by atoms with Crippen molar-refractivity contribution in [3.63, 3.8) is 0 Å². The summed E-state index contributed by atoms with van der Waals surface area (Å²) in [5.41, 5.74) is 6.47. The summed E-state index contributed by atoms with van der Waals surface area (Å²) in [5.74, 6) is -0.944. The zero-order valence-corrected chi connectivity index (χ0v) is 17.9. The molecule has 0 aliphatic carbocycles. The van der Waals surface area contributed by atoms with Gasteiger partial charge in [0.25, 0.3) is 0 Å². The minimum absolute atomic E-state index is 0.402. The van der Waals surface area contributed by atoms with Gasteiger partial charge in [0.15, 0.2) is 0 Å². The fourth-order valence-electron chi connectivity index (χ4n) is 2.79. The van der Waals surface area contributed by atoms with E-state index in [9.17, 15) is 9.59 Å². The van der Waals surface area contributed by atoms with E-state index in [4.69, 9.17) is 16.3 Å². The minimum Gasteiger partial charge on any atom is -0.489 e. The summed E-state index contributed by atoms with van der Waals surface area (Å²) in [7, 11) is 0. The Morgan fingerprint density at radius 2 is 1.77 bits per heavy atom. The number of ether oxygens (including phenoxy) is 1. The smallest absolute Gasteiger partial charge is 0.329 e. The van der Waals surface area contributed by atoms with Crippen LogP contribution in [0.25, 0.3) is 0 Å². The monoisotopic (exact) mass is 435 g/mol. The zero-order valence-electron chi connectivity index (χ0n) is 17.2. The van der Waals surface area contributed by atoms with Crippen LogP contribution in [0, 0.1) is 13.8 Å². The Kier molecular flexibility index (Phi) is 7.40.